The van der Waals surface area contributed by atoms with E-state index >= 15 is 0 Å². The highest BCUT2D eigenvalue weighted by molar-refractivity contribution is 5.08. The van der Waals surface area contributed by atoms with Crippen molar-refractivity contribution in [2.75, 3.05) is 20.3 Å². The molecule has 0 fully saturated rings. The lowest BCUT2D eigenvalue weighted by atomic mass is 10.4. The first-order valence-electron chi connectivity index (χ1n) is 6.94. The Hall–Kier alpha value is -1.66. The van der Waals surface area contributed by atoms with E-state index in [1.165, 1.54) is 5.69 Å². The number of ether oxygens (including phenoxy) is 1. The standard InChI is InChI=1S/C14H23N5O/c1-12(2)19-14(16-11-17-19)10-18-7-4-5-13(18)9-15-6-8-20-3/h4-5,7,11-12,15H,6,8-10H2,1-3H3. The summed E-state index contributed by atoms with van der Waals surface area (Å²) in [5.74, 6) is 0.981. The number of hydrogen-bond donors (Lipinski definition) is 1. The molecule has 0 atom stereocenters. The SMILES string of the molecule is COCCNCc1cccn1Cc1ncnn1C(C)C. The number of hydrogen-bond acceptors (Lipinski definition) is 4. The summed E-state index contributed by atoms with van der Waals surface area (Å²) in [5.41, 5.74) is 1.24. The van der Waals surface area contributed by atoms with Crippen molar-refractivity contribution in [1.29, 1.82) is 0 Å². The fourth-order valence-corrected chi connectivity index (χ4v) is 2.13. The molecule has 0 bridgehead atoms. The fraction of sp³-hybridized carbons (Fsp3) is 0.571. The van der Waals surface area contributed by atoms with Gasteiger partial charge in [0.25, 0.3) is 0 Å². The molecule has 0 saturated carbocycles. The third-order valence-corrected chi connectivity index (χ3v) is 3.16. The molecule has 6 nitrogen and oxygen atoms in total. The molecular formula is C14H23N5O. The summed E-state index contributed by atoms with van der Waals surface area (Å²) in [6.45, 7) is 7.37. The third kappa shape index (κ3) is 3.68. The second-order valence-electron chi connectivity index (χ2n) is 5.01. The molecule has 2 aromatic heterocycles. The van der Waals surface area contributed by atoms with Gasteiger partial charge < -0.3 is 14.6 Å². The number of methoxy groups -OCH3 is 1. The van der Waals surface area contributed by atoms with Gasteiger partial charge in [-0.2, -0.15) is 5.10 Å². The summed E-state index contributed by atoms with van der Waals surface area (Å²) >= 11 is 0. The van der Waals surface area contributed by atoms with Gasteiger partial charge in [0, 0.05) is 38.1 Å². The predicted molar refractivity (Wildman–Crippen MR) is 77.5 cm³/mol. The summed E-state index contributed by atoms with van der Waals surface area (Å²) in [6.07, 6.45) is 3.70. The molecule has 0 aliphatic heterocycles. The molecule has 20 heavy (non-hydrogen) atoms. The monoisotopic (exact) mass is 277 g/mol. The van der Waals surface area contributed by atoms with Crippen LogP contribution in [0.2, 0.25) is 0 Å². The van der Waals surface area contributed by atoms with Crippen LogP contribution in [-0.4, -0.2) is 39.6 Å². The molecule has 0 spiro atoms. The third-order valence-electron chi connectivity index (χ3n) is 3.16. The maximum absolute atomic E-state index is 5.03. The first-order chi connectivity index (χ1) is 9.72. The van der Waals surface area contributed by atoms with E-state index in [4.69, 9.17) is 4.74 Å². The molecule has 0 aliphatic carbocycles. The van der Waals surface area contributed by atoms with E-state index in [2.05, 4.69) is 52.1 Å². The smallest absolute Gasteiger partial charge is 0.147 e. The molecule has 110 valence electrons. The fourth-order valence-electron chi connectivity index (χ4n) is 2.13. The Morgan fingerprint density at radius 3 is 3.00 bits per heavy atom. The maximum atomic E-state index is 5.03. The average Bonchev–Trinajstić information content (AvgIpc) is 3.05. The van der Waals surface area contributed by atoms with Crippen LogP contribution >= 0.6 is 0 Å². The zero-order valence-corrected chi connectivity index (χ0v) is 12.4. The van der Waals surface area contributed by atoms with Gasteiger partial charge in [0.15, 0.2) is 0 Å². The second-order valence-corrected chi connectivity index (χ2v) is 5.01. The lowest BCUT2D eigenvalue weighted by Gasteiger charge is -2.12. The van der Waals surface area contributed by atoms with Crippen molar-refractivity contribution in [2.45, 2.75) is 33.0 Å². The van der Waals surface area contributed by atoms with E-state index in [9.17, 15) is 0 Å². The topological polar surface area (TPSA) is 56.9 Å². The number of nitrogens with one attached hydrogen (secondary N) is 1. The van der Waals surface area contributed by atoms with Gasteiger partial charge in [0.05, 0.1) is 13.2 Å². The summed E-state index contributed by atoms with van der Waals surface area (Å²) in [4.78, 5) is 4.35. The molecule has 0 radical (unpaired) electrons. The van der Waals surface area contributed by atoms with Crippen LogP contribution in [0.5, 0.6) is 0 Å². The predicted octanol–water partition coefficient (Wildman–Crippen LogP) is 1.44. The molecule has 0 saturated heterocycles. The average molecular weight is 277 g/mol. The van der Waals surface area contributed by atoms with Gasteiger partial charge in [0.1, 0.15) is 12.2 Å². The molecule has 2 aromatic rings. The molecule has 0 aliphatic rings. The zero-order valence-electron chi connectivity index (χ0n) is 12.4. The number of aromatic nitrogens is 4. The molecule has 6 heteroatoms. The minimum absolute atomic E-state index is 0.325. The van der Waals surface area contributed by atoms with Crippen molar-refractivity contribution in [3.05, 3.63) is 36.2 Å². The van der Waals surface area contributed by atoms with E-state index in [0.717, 1.165) is 32.1 Å². The Labute approximate surface area is 119 Å². The van der Waals surface area contributed by atoms with Gasteiger partial charge >= 0.3 is 0 Å². The van der Waals surface area contributed by atoms with Crippen molar-refractivity contribution >= 4 is 0 Å². The summed E-state index contributed by atoms with van der Waals surface area (Å²) in [5, 5.41) is 7.63. The highest BCUT2D eigenvalue weighted by Crippen LogP contribution is 2.09. The van der Waals surface area contributed by atoms with Crippen LogP contribution in [0.4, 0.5) is 0 Å². The number of nitrogens with zero attached hydrogens (tertiary/aromatic N) is 4. The van der Waals surface area contributed by atoms with Crippen molar-refractivity contribution in [2.24, 2.45) is 0 Å². The van der Waals surface area contributed by atoms with Gasteiger partial charge in [0.2, 0.25) is 0 Å². The van der Waals surface area contributed by atoms with Crippen LogP contribution in [0.15, 0.2) is 24.7 Å². The van der Waals surface area contributed by atoms with E-state index < -0.39 is 0 Å². The lowest BCUT2D eigenvalue weighted by molar-refractivity contribution is 0.199. The Balaban J connectivity index is 1.99. The van der Waals surface area contributed by atoms with Crippen molar-refractivity contribution in [3.8, 4) is 0 Å². The van der Waals surface area contributed by atoms with Crippen LogP contribution in [0.3, 0.4) is 0 Å². The summed E-state index contributed by atoms with van der Waals surface area (Å²) in [7, 11) is 1.71. The Bertz CT molecular complexity index is 517. The van der Waals surface area contributed by atoms with Crippen LogP contribution < -0.4 is 5.32 Å². The molecule has 2 heterocycles. The minimum Gasteiger partial charge on any atom is -0.383 e. The highest BCUT2D eigenvalue weighted by Gasteiger charge is 2.09. The van der Waals surface area contributed by atoms with Crippen LogP contribution in [-0.2, 0) is 17.8 Å². The molecule has 2 rings (SSSR count). The molecule has 0 amide bonds. The molecule has 1 N–H and O–H groups in total. The summed E-state index contributed by atoms with van der Waals surface area (Å²) < 4.78 is 9.19. The van der Waals surface area contributed by atoms with E-state index in [0.29, 0.717) is 6.04 Å². The van der Waals surface area contributed by atoms with Gasteiger partial charge in [-0.05, 0) is 26.0 Å². The minimum atomic E-state index is 0.325. The van der Waals surface area contributed by atoms with Crippen molar-refractivity contribution < 1.29 is 4.74 Å². The van der Waals surface area contributed by atoms with Crippen molar-refractivity contribution in [3.63, 3.8) is 0 Å². The largest absolute Gasteiger partial charge is 0.383 e. The van der Waals surface area contributed by atoms with Crippen LogP contribution in [0.1, 0.15) is 31.4 Å². The summed E-state index contributed by atoms with van der Waals surface area (Å²) in [6, 6.07) is 4.51. The van der Waals surface area contributed by atoms with Gasteiger partial charge in [-0.15, -0.1) is 0 Å². The first kappa shape index (κ1) is 14.7. The number of rotatable bonds is 8. The Morgan fingerprint density at radius 1 is 1.40 bits per heavy atom. The normalized spacial score (nSPS) is 11.4. The highest BCUT2D eigenvalue weighted by atomic mass is 16.5. The lowest BCUT2D eigenvalue weighted by Crippen LogP contribution is -2.21. The van der Waals surface area contributed by atoms with Gasteiger partial charge in [-0.3, -0.25) is 0 Å². The van der Waals surface area contributed by atoms with E-state index in [1.54, 1.807) is 13.4 Å². The quantitative estimate of drug-likeness (QED) is 0.742. The van der Waals surface area contributed by atoms with E-state index in [-0.39, 0.29) is 0 Å². The van der Waals surface area contributed by atoms with E-state index in [1.807, 2.05) is 4.68 Å². The van der Waals surface area contributed by atoms with Crippen molar-refractivity contribution in [1.82, 2.24) is 24.6 Å². The Kier molecular flexibility index (Phi) is 5.31. The zero-order chi connectivity index (χ0) is 14.4. The van der Waals surface area contributed by atoms with Crippen LogP contribution in [0, 0.1) is 0 Å². The van der Waals surface area contributed by atoms with Crippen LogP contribution in [0.25, 0.3) is 0 Å². The van der Waals surface area contributed by atoms with Gasteiger partial charge in [-0.25, -0.2) is 9.67 Å². The molecular weight excluding hydrogens is 254 g/mol. The maximum Gasteiger partial charge on any atom is 0.147 e. The molecule has 0 unspecified atom stereocenters. The Morgan fingerprint density at radius 2 is 2.25 bits per heavy atom. The van der Waals surface area contributed by atoms with Gasteiger partial charge in [-0.1, -0.05) is 0 Å². The molecule has 0 aromatic carbocycles. The first-order valence-corrected chi connectivity index (χ1v) is 6.94. The second kappa shape index (κ2) is 7.21.